The molecule has 4 aromatic heterocycles. The number of oxazole rings is 2. The summed E-state index contributed by atoms with van der Waals surface area (Å²) in [5.74, 6) is 13.0. The number of amides is 1. The number of rotatable bonds is 4. The van der Waals surface area contributed by atoms with Crippen molar-refractivity contribution in [3.8, 4) is 23.2 Å². The van der Waals surface area contributed by atoms with Gasteiger partial charge in [-0.25, -0.2) is 20.6 Å². The van der Waals surface area contributed by atoms with Gasteiger partial charge in [0.05, 0.1) is 24.1 Å². The van der Waals surface area contributed by atoms with E-state index in [9.17, 15) is 9.59 Å². The van der Waals surface area contributed by atoms with Crippen molar-refractivity contribution < 1.29 is 28.3 Å². The van der Waals surface area contributed by atoms with Crippen molar-refractivity contribution in [3.63, 3.8) is 0 Å². The second kappa shape index (κ2) is 16.2. The molecular formula is C23H30N8O6. The second-order valence-electron chi connectivity index (χ2n) is 6.73. The third-order valence-corrected chi connectivity index (χ3v) is 4.01. The molecule has 4 heterocycles. The van der Waals surface area contributed by atoms with E-state index in [0.29, 0.717) is 34.3 Å². The van der Waals surface area contributed by atoms with Gasteiger partial charge >= 0.3 is 5.97 Å². The molecule has 0 bridgehead atoms. The van der Waals surface area contributed by atoms with E-state index in [0.717, 1.165) is 11.4 Å². The summed E-state index contributed by atoms with van der Waals surface area (Å²) < 4.78 is 15.0. The zero-order valence-corrected chi connectivity index (χ0v) is 20.8. The Hall–Kier alpha value is -4.50. The van der Waals surface area contributed by atoms with Gasteiger partial charge in [0.15, 0.2) is 0 Å². The van der Waals surface area contributed by atoms with E-state index >= 15 is 0 Å². The highest BCUT2D eigenvalue weighted by Gasteiger charge is 2.11. The smallest absolute Gasteiger partial charge is 0.337 e. The fourth-order valence-electron chi connectivity index (χ4n) is 2.51. The first-order valence-electron chi connectivity index (χ1n) is 10.6. The molecule has 8 N–H and O–H groups in total. The summed E-state index contributed by atoms with van der Waals surface area (Å²) in [4.78, 5) is 39.0. The Morgan fingerprint density at radius 3 is 1.76 bits per heavy atom. The minimum Gasteiger partial charge on any atom is -0.465 e. The molecule has 0 saturated heterocycles. The SMILES string of the molecule is CCO.COC(=O)c1ccnc(-c2nc(C)co2)c1.Cc1coc(-c2cc(C(=O)NN)ccn2)n1.NN. The van der Waals surface area contributed by atoms with Gasteiger partial charge in [0.2, 0.25) is 11.8 Å². The molecule has 0 aliphatic heterocycles. The number of hydrogen-bond donors (Lipinski definition) is 5. The predicted octanol–water partition coefficient (Wildman–Crippen LogP) is 1.30. The molecule has 0 saturated carbocycles. The summed E-state index contributed by atoms with van der Waals surface area (Å²) in [5, 5.41) is 7.57. The highest BCUT2D eigenvalue weighted by molar-refractivity contribution is 5.94. The zero-order chi connectivity index (χ0) is 27.8. The average molecular weight is 515 g/mol. The predicted molar refractivity (Wildman–Crippen MR) is 133 cm³/mol. The molecular weight excluding hydrogens is 484 g/mol. The van der Waals surface area contributed by atoms with Crippen LogP contribution in [0.25, 0.3) is 23.2 Å². The number of pyridine rings is 2. The van der Waals surface area contributed by atoms with Gasteiger partial charge < -0.3 is 18.7 Å². The molecule has 14 heteroatoms. The van der Waals surface area contributed by atoms with Crippen molar-refractivity contribution in [1.82, 2.24) is 25.4 Å². The Morgan fingerprint density at radius 2 is 1.38 bits per heavy atom. The van der Waals surface area contributed by atoms with Crippen LogP contribution in [0.1, 0.15) is 39.0 Å². The van der Waals surface area contributed by atoms with Crippen LogP contribution in [0, 0.1) is 13.8 Å². The maximum atomic E-state index is 11.3. The van der Waals surface area contributed by atoms with Crippen molar-refractivity contribution in [2.75, 3.05) is 13.7 Å². The molecule has 1 amide bonds. The van der Waals surface area contributed by atoms with Crippen LogP contribution in [0.2, 0.25) is 0 Å². The maximum Gasteiger partial charge on any atom is 0.337 e. The van der Waals surface area contributed by atoms with Crippen LogP contribution in [0.4, 0.5) is 0 Å². The van der Waals surface area contributed by atoms with E-state index in [1.54, 1.807) is 31.2 Å². The number of carbonyl (C=O) groups excluding carboxylic acids is 2. The van der Waals surface area contributed by atoms with Crippen LogP contribution in [0.5, 0.6) is 0 Å². The van der Waals surface area contributed by atoms with Crippen molar-refractivity contribution in [2.45, 2.75) is 20.8 Å². The summed E-state index contributed by atoms with van der Waals surface area (Å²) >= 11 is 0. The number of aryl methyl sites for hydroxylation is 2. The highest BCUT2D eigenvalue weighted by Crippen LogP contribution is 2.18. The molecule has 0 atom stereocenters. The fourth-order valence-corrected chi connectivity index (χ4v) is 2.51. The molecule has 0 aliphatic carbocycles. The van der Waals surface area contributed by atoms with Gasteiger partial charge in [-0.2, -0.15) is 0 Å². The van der Waals surface area contributed by atoms with E-state index in [2.05, 4.69) is 36.4 Å². The van der Waals surface area contributed by atoms with Crippen molar-refractivity contribution >= 4 is 11.9 Å². The minimum atomic E-state index is -0.410. The first-order chi connectivity index (χ1) is 17.8. The Morgan fingerprint density at radius 1 is 0.946 bits per heavy atom. The number of nitrogens with two attached hydrogens (primary N) is 3. The lowest BCUT2D eigenvalue weighted by Crippen LogP contribution is -2.29. The lowest BCUT2D eigenvalue weighted by Gasteiger charge is -2.00. The van der Waals surface area contributed by atoms with E-state index in [1.165, 1.54) is 32.0 Å². The molecule has 0 aromatic carbocycles. The second-order valence-corrected chi connectivity index (χ2v) is 6.73. The van der Waals surface area contributed by atoms with E-state index < -0.39 is 5.97 Å². The highest BCUT2D eigenvalue weighted by atomic mass is 16.5. The average Bonchev–Trinajstić information content (AvgIpc) is 3.58. The van der Waals surface area contributed by atoms with Crippen LogP contribution in [-0.4, -0.2) is 50.6 Å². The van der Waals surface area contributed by atoms with Crippen LogP contribution in [0.15, 0.2) is 58.0 Å². The van der Waals surface area contributed by atoms with Gasteiger partial charge in [-0.05, 0) is 45.0 Å². The summed E-state index contributed by atoms with van der Waals surface area (Å²) in [7, 11) is 1.33. The quantitative estimate of drug-likeness (QED) is 0.112. The Balaban J connectivity index is 0.000000316. The van der Waals surface area contributed by atoms with Crippen LogP contribution in [-0.2, 0) is 4.74 Å². The molecule has 198 valence electrons. The molecule has 0 fully saturated rings. The molecule has 0 spiro atoms. The molecule has 0 unspecified atom stereocenters. The topological polar surface area (TPSA) is 232 Å². The Kier molecular flexibility index (Phi) is 13.4. The lowest BCUT2D eigenvalue weighted by atomic mass is 10.2. The number of hydrazine groups is 2. The van der Waals surface area contributed by atoms with Crippen molar-refractivity contribution in [3.05, 3.63) is 71.7 Å². The molecule has 4 rings (SSSR count). The standard InChI is InChI=1S/C11H10N2O3.C10H10N4O2.C2H6O.H4N2/c1-7-6-16-10(13-7)9-5-8(3-4-12-9)11(14)15-2;1-6-5-16-10(13-6)8-4-7(2-3-12-8)9(15)14-11;1-2-3;1-2/h3-6H,1-2H3;2-5H,11H2,1H3,(H,14,15);3H,2H2,1H3;1-2H2. The summed E-state index contributed by atoms with van der Waals surface area (Å²) in [6.45, 7) is 5.56. The number of hydrogen-bond acceptors (Lipinski definition) is 13. The number of aliphatic hydroxyl groups excluding tert-OH is 1. The third kappa shape index (κ3) is 9.58. The number of methoxy groups -OCH3 is 1. The Labute approximate surface area is 212 Å². The third-order valence-electron chi connectivity index (χ3n) is 4.01. The number of aliphatic hydroxyl groups is 1. The van der Waals surface area contributed by atoms with E-state index in [-0.39, 0.29) is 12.5 Å². The zero-order valence-electron chi connectivity index (χ0n) is 20.8. The molecule has 0 radical (unpaired) electrons. The van der Waals surface area contributed by atoms with Crippen molar-refractivity contribution in [1.29, 1.82) is 0 Å². The number of carbonyl (C=O) groups is 2. The molecule has 4 aromatic rings. The number of ether oxygens (including phenoxy) is 1. The summed E-state index contributed by atoms with van der Waals surface area (Å²) in [6.07, 6.45) is 6.06. The number of esters is 1. The van der Waals surface area contributed by atoms with Gasteiger partial charge in [-0.1, -0.05) is 0 Å². The molecule has 14 nitrogen and oxygen atoms in total. The molecule has 0 aliphatic rings. The fraction of sp³-hybridized carbons (Fsp3) is 0.217. The number of nitrogen functional groups attached to an aromatic ring is 1. The number of aromatic nitrogens is 4. The monoisotopic (exact) mass is 514 g/mol. The largest absolute Gasteiger partial charge is 0.465 e. The van der Waals surface area contributed by atoms with E-state index in [1.807, 2.05) is 19.3 Å². The van der Waals surface area contributed by atoms with Crippen LogP contribution >= 0.6 is 0 Å². The summed E-state index contributed by atoms with van der Waals surface area (Å²) in [5.41, 5.74) is 5.40. The van der Waals surface area contributed by atoms with E-state index in [4.69, 9.17) is 19.8 Å². The van der Waals surface area contributed by atoms with Gasteiger partial charge in [0, 0.05) is 24.6 Å². The first-order valence-corrected chi connectivity index (χ1v) is 10.6. The molecule has 37 heavy (non-hydrogen) atoms. The van der Waals surface area contributed by atoms with Crippen LogP contribution < -0.4 is 23.0 Å². The number of nitrogens with zero attached hydrogens (tertiary/aromatic N) is 4. The van der Waals surface area contributed by atoms with Gasteiger partial charge in [0.25, 0.3) is 5.91 Å². The normalized spacial score (nSPS) is 9.41. The first kappa shape index (κ1) is 30.5. The van der Waals surface area contributed by atoms with Crippen LogP contribution in [0.3, 0.4) is 0 Å². The lowest BCUT2D eigenvalue weighted by molar-refractivity contribution is 0.0600. The van der Waals surface area contributed by atoms with Crippen molar-refractivity contribution in [2.24, 2.45) is 17.5 Å². The van der Waals surface area contributed by atoms with Gasteiger partial charge in [-0.3, -0.25) is 31.9 Å². The maximum absolute atomic E-state index is 11.3. The number of nitrogens with one attached hydrogen (secondary N) is 1. The van der Waals surface area contributed by atoms with Gasteiger partial charge in [0.1, 0.15) is 23.9 Å². The summed E-state index contributed by atoms with van der Waals surface area (Å²) in [6, 6.07) is 6.27. The minimum absolute atomic E-state index is 0.250. The Bertz CT molecular complexity index is 1160. The van der Waals surface area contributed by atoms with Gasteiger partial charge in [-0.15, -0.1) is 0 Å².